The normalized spacial score (nSPS) is 10.9. The Balaban J connectivity index is 1.47. The second kappa shape index (κ2) is 8.11. The second-order valence-corrected chi connectivity index (χ2v) is 7.87. The molecule has 0 radical (unpaired) electrons. The molecular formula is C21H21N5O3S. The molecule has 154 valence electrons. The fraction of sp³-hybridized carbons (Fsp3) is 0.238. The van der Waals surface area contributed by atoms with Crippen LogP contribution in [-0.2, 0) is 13.7 Å². The van der Waals surface area contributed by atoms with E-state index in [1.165, 1.54) is 11.3 Å². The summed E-state index contributed by atoms with van der Waals surface area (Å²) in [6.45, 7) is 5.94. The van der Waals surface area contributed by atoms with E-state index in [9.17, 15) is 4.79 Å². The molecule has 3 heterocycles. The van der Waals surface area contributed by atoms with E-state index in [1.54, 1.807) is 24.4 Å². The summed E-state index contributed by atoms with van der Waals surface area (Å²) in [7, 11) is 1.92. The molecule has 0 aliphatic carbocycles. The maximum absolute atomic E-state index is 12.7. The van der Waals surface area contributed by atoms with Crippen LogP contribution in [0.1, 0.15) is 33.1 Å². The predicted octanol–water partition coefficient (Wildman–Crippen LogP) is 4.29. The first kappa shape index (κ1) is 19.8. The van der Waals surface area contributed by atoms with Gasteiger partial charge in [-0.1, -0.05) is 22.6 Å². The highest BCUT2D eigenvalue weighted by molar-refractivity contribution is 7.19. The van der Waals surface area contributed by atoms with Crippen molar-refractivity contribution in [3.63, 3.8) is 0 Å². The van der Waals surface area contributed by atoms with Crippen LogP contribution < -0.4 is 10.1 Å². The van der Waals surface area contributed by atoms with Gasteiger partial charge >= 0.3 is 0 Å². The molecule has 0 saturated heterocycles. The summed E-state index contributed by atoms with van der Waals surface area (Å²) in [5, 5.41) is 7.32. The number of anilines is 1. The van der Waals surface area contributed by atoms with Crippen LogP contribution in [0.15, 0.2) is 41.2 Å². The zero-order chi connectivity index (χ0) is 21.3. The number of nitrogens with zero attached hydrogens (tertiary/aromatic N) is 4. The molecule has 0 unspecified atom stereocenters. The number of imidazole rings is 1. The van der Waals surface area contributed by atoms with E-state index in [4.69, 9.17) is 9.26 Å². The molecule has 0 fully saturated rings. The van der Waals surface area contributed by atoms with Gasteiger partial charge in [-0.05, 0) is 39.0 Å². The highest BCUT2D eigenvalue weighted by Crippen LogP contribution is 2.31. The third kappa shape index (κ3) is 3.97. The van der Waals surface area contributed by atoms with Crippen LogP contribution in [0.25, 0.3) is 10.7 Å². The molecule has 4 aromatic rings. The zero-order valence-corrected chi connectivity index (χ0v) is 17.9. The molecule has 4 rings (SSSR count). The Morgan fingerprint density at radius 2 is 2.10 bits per heavy atom. The van der Waals surface area contributed by atoms with Gasteiger partial charge in [0.25, 0.3) is 5.91 Å². The van der Waals surface area contributed by atoms with Crippen LogP contribution >= 0.6 is 11.3 Å². The Morgan fingerprint density at radius 1 is 1.27 bits per heavy atom. The number of aryl methyl sites for hydroxylation is 4. The van der Waals surface area contributed by atoms with Gasteiger partial charge in [0.05, 0.1) is 21.8 Å². The van der Waals surface area contributed by atoms with Crippen LogP contribution in [-0.4, -0.2) is 25.6 Å². The molecule has 9 heteroatoms. The first-order valence-corrected chi connectivity index (χ1v) is 10.1. The van der Waals surface area contributed by atoms with Gasteiger partial charge in [-0.25, -0.2) is 9.97 Å². The van der Waals surface area contributed by atoms with Gasteiger partial charge < -0.3 is 13.8 Å². The quantitative estimate of drug-likeness (QED) is 0.497. The Bertz CT molecular complexity index is 1190. The van der Waals surface area contributed by atoms with Gasteiger partial charge in [0.15, 0.2) is 11.0 Å². The molecule has 3 aromatic heterocycles. The third-order valence-corrected chi connectivity index (χ3v) is 5.77. The molecule has 1 N–H and O–H groups in total. The SMILES string of the molecule is Cc1nc(NC(=O)c2cccc(OCc3c(C)noc3C)c2)sc1-c1nccn1C. The van der Waals surface area contributed by atoms with Crippen LogP contribution in [0, 0.1) is 20.8 Å². The molecule has 1 aromatic carbocycles. The minimum Gasteiger partial charge on any atom is -0.489 e. The number of nitrogens with one attached hydrogen (secondary N) is 1. The summed E-state index contributed by atoms with van der Waals surface area (Å²) >= 11 is 1.40. The molecule has 0 spiro atoms. The fourth-order valence-corrected chi connectivity index (χ4v) is 4.00. The minimum atomic E-state index is -0.252. The number of carbonyl (C=O) groups excluding carboxylic acids is 1. The molecule has 0 atom stereocenters. The Labute approximate surface area is 177 Å². The molecule has 30 heavy (non-hydrogen) atoms. The van der Waals surface area contributed by atoms with Gasteiger partial charge in [0, 0.05) is 25.0 Å². The number of thiazole rings is 1. The lowest BCUT2D eigenvalue weighted by atomic mass is 10.2. The Kier molecular flexibility index (Phi) is 5.37. The lowest BCUT2D eigenvalue weighted by Gasteiger charge is -2.08. The number of hydrogen-bond donors (Lipinski definition) is 1. The molecule has 0 bridgehead atoms. The fourth-order valence-electron chi connectivity index (χ4n) is 3.00. The molecule has 0 aliphatic heterocycles. The van der Waals surface area contributed by atoms with Crippen molar-refractivity contribution < 1.29 is 14.1 Å². The van der Waals surface area contributed by atoms with Gasteiger partial charge in [-0.2, -0.15) is 0 Å². The molecule has 0 aliphatic rings. The van der Waals surface area contributed by atoms with Crippen molar-refractivity contribution in [1.82, 2.24) is 19.7 Å². The summed E-state index contributed by atoms with van der Waals surface area (Å²) in [6, 6.07) is 7.03. The average molecular weight is 423 g/mol. The summed E-state index contributed by atoms with van der Waals surface area (Å²) in [4.78, 5) is 22.5. The molecule has 1 amide bonds. The largest absolute Gasteiger partial charge is 0.489 e. The van der Waals surface area contributed by atoms with Crippen molar-refractivity contribution in [3.8, 4) is 16.5 Å². The van der Waals surface area contributed by atoms with Crippen LogP contribution in [0.2, 0.25) is 0 Å². The van der Waals surface area contributed by atoms with Gasteiger partial charge in [0.2, 0.25) is 0 Å². The van der Waals surface area contributed by atoms with E-state index in [-0.39, 0.29) is 5.91 Å². The van der Waals surface area contributed by atoms with Crippen molar-refractivity contribution in [2.24, 2.45) is 7.05 Å². The summed E-state index contributed by atoms with van der Waals surface area (Å²) < 4.78 is 12.9. The van der Waals surface area contributed by atoms with E-state index >= 15 is 0 Å². The van der Waals surface area contributed by atoms with E-state index in [2.05, 4.69) is 20.4 Å². The lowest BCUT2D eigenvalue weighted by Crippen LogP contribution is -2.11. The van der Waals surface area contributed by atoms with Crippen molar-refractivity contribution in [2.45, 2.75) is 27.4 Å². The average Bonchev–Trinajstić information content (AvgIpc) is 3.39. The zero-order valence-electron chi connectivity index (χ0n) is 17.1. The van der Waals surface area contributed by atoms with Gasteiger partial charge in [-0.3, -0.25) is 10.1 Å². The third-order valence-electron chi connectivity index (χ3n) is 4.70. The lowest BCUT2D eigenvalue weighted by molar-refractivity contribution is 0.102. The predicted molar refractivity (Wildman–Crippen MR) is 114 cm³/mol. The van der Waals surface area contributed by atoms with Crippen LogP contribution in [0.3, 0.4) is 0 Å². The van der Waals surface area contributed by atoms with Crippen molar-refractivity contribution in [3.05, 3.63) is 64.9 Å². The first-order chi connectivity index (χ1) is 14.4. The summed E-state index contributed by atoms with van der Waals surface area (Å²) in [6.07, 6.45) is 3.61. The first-order valence-electron chi connectivity index (χ1n) is 9.33. The summed E-state index contributed by atoms with van der Waals surface area (Å²) in [5.41, 5.74) is 3.01. The minimum absolute atomic E-state index is 0.252. The van der Waals surface area contributed by atoms with Crippen LogP contribution in [0.5, 0.6) is 5.75 Å². The number of aromatic nitrogens is 4. The Hall–Kier alpha value is -3.46. The highest BCUT2D eigenvalue weighted by Gasteiger charge is 2.16. The Morgan fingerprint density at radius 3 is 2.80 bits per heavy atom. The molecule has 0 saturated carbocycles. The standard InChI is InChI=1S/C21H21N5O3S/c1-12-17(14(3)29-25-12)11-28-16-7-5-6-15(10-16)20(27)24-21-23-13(2)18(30-21)19-22-8-9-26(19)4/h5-10H,11H2,1-4H3,(H,23,24,27). The molecular weight excluding hydrogens is 402 g/mol. The number of rotatable bonds is 6. The van der Waals surface area contributed by atoms with Gasteiger partial charge in [0.1, 0.15) is 18.1 Å². The van der Waals surface area contributed by atoms with E-state index in [0.29, 0.717) is 23.1 Å². The smallest absolute Gasteiger partial charge is 0.257 e. The van der Waals surface area contributed by atoms with Crippen molar-refractivity contribution in [1.29, 1.82) is 0 Å². The number of carbonyl (C=O) groups is 1. The maximum atomic E-state index is 12.7. The van der Waals surface area contributed by atoms with E-state index in [1.807, 2.05) is 44.6 Å². The van der Waals surface area contributed by atoms with Gasteiger partial charge in [-0.15, -0.1) is 0 Å². The number of hydrogen-bond acceptors (Lipinski definition) is 7. The van der Waals surface area contributed by atoms with E-state index in [0.717, 1.165) is 33.4 Å². The maximum Gasteiger partial charge on any atom is 0.257 e. The summed E-state index contributed by atoms with van der Waals surface area (Å²) in [5.74, 6) is 1.88. The number of ether oxygens (including phenoxy) is 1. The number of benzene rings is 1. The second-order valence-electron chi connectivity index (χ2n) is 6.87. The van der Waals surface area contributed by atoms with Crippen molar-refractivity contribution in [2.75, 3.05) is 5.32 Å². The highest BCUT2D eigenvalue weighted by atomic mass is 32.1. The molecule has 8 nitrogen and oxygen atoms in total. The van der Waals surface area contributed by atoms with Crippen molar-refractivity contribution >= 4 is 22.4 Å². The van der Waals surface area contributed by atoms with Crippen LogP contribution in [0.4, 0.5) is 5.13 Å². The number of amides is 1. The monoisotopic (exact) mass is 423 g/mol. The topological polar surface area (TPSA) is 95.1 Å². The van der Waals surface area contributed by atoms with E-state index < -0.39 is 0 Å².